The van der Waals surface area contributed by atoms with Gasteiger partial charge in [-0.15, -0.1) is 0 Å². The van der Waals surface area contributed by atoms with Crippen molar-refractivity contribution in [3.05, 3.63) is 89.2 Å². The summed E-state index contributed by atoms with van der Waals surface area (Å²) < 4.78 is 18.5. The van der Waals surface area contributed by atoms with E-state index < -0.39 is 0 Å². The normalized spacial score (nSPS) is 10.2. The SMILES string of the molecule is O=C(Nc1ccc(Oc2ccc(Cl)cc2)cc1)c1ccc(F)cc1. The number of hydrogen-bond acceptors (Lipinski definition) is 2. The average molecular weight is 342 g/mol. The summed E-state index contributed by atoms with van der Waals surface area (Å²) in [6, 6.07) is 19.3. The summed E-state index contributed by atoms with van der Waals surface area (Å²) in [5, 5.41) is 3.38. The van der Waals surface area contributed by atoms with Crippen molar-refractivity contribution in [2.24, 2.45) is 0 Å². The minimum absolute atomic E-state index is 0.304. The minimum Gasteiger partial charge on any atom is -0.457 e. The lowest BCUT2D eigenvalue weighted by Crippen LogP contribution is -2.11. The van der Waals surface area contributed by atoms with Crippen molar-refractivity contribution in [3.8, 4) is 11.5 Å². The molecule has 1 N–H and O–H groups in total. The molecule has 0 radical (unpaired) electrons. The molecule has 0 heterocycles. The second-order valence-electron chi connectivity index (χ2n) is 5.04. The van der Waals surface area contributed by atoms with Gasteiger partial charge >= 0.3 is 0 Å². The van der Waals surface area contributed by atoms with E-state index >= 15 is 0 Å². The first-order chi connectivity index (χ1) is 11.6. The zero-order valence-corrected chi connectivity index (χ0v) is 13.3. The largest absolute Gasteiger partial charge is 0.457 e. The number of amides is 1. The number of halogens is 2. The van der Waals surface area contributed by atoms with Crippen molar-refractivity contribution in [1.82, 2.24) is 0 Å². The smallest absolute Gasteiger partial charge is 0.255 e. The Hall–Kier alpha value is -2.85. The van der Waals surface area contributed by atoms with Gasteiger partial charge in [-0.05, 0) is 72.8 Å². The highest BCUT2D eigenvalue weighted by Gasteiger charge is 2.06. The van der Waals surface area contributed by atoms with Crippen molar-refractivity contribution in [2.75, 3.05) is 5.32 Å². The summed E-state index contributed by atoms with van der Waals surface area (Å²) in [4.78, 5) is 12.1. The number of rotatable bonds is 4. The number of anilines is 1. The van der Waals surface area contributed by atoms with E-state index in [-0.39, 0.29) is 11.7 Å². The predicted octanol–water partition coefficient (Wildman–Crippen LogP) is 5.52. The molecule has 3 aromatic rings. The number of carbonyl (C=O) groups excluding carboxylic acids is 1. The molecule has 0 bridgehead atoms. The topological polar surface area (TPSA) is 38.3 Å². The third kappa shape index (κ3) is 4.12. The molecule has 0 aromatic heterocycles. The van der Waals surface area contributed by atoms with Crippen molar-refractivity contribution in [2.45, 2.75) is 0 Å². The summed E-state index contributed by atoms with van der Waals surface area (Å²) in [7, 11) is 0. The minimum atomic E-state index is -0.379. The number of ether oxygens (including phenoxy) is 1. The van der Waals surface area contributed by atoms with Gasteiger partial charge in [0.2, 0.25) is 0 Å². The van der Waals surface area contributed by atoms with Crippen LogP contribution >= 0.6 is 11.6 Å². The lowest BCUT2D eigenvalue weighted by molar-refractivity contribution is 0.102. The highest BCUT2D eigenvalue weighted by molar-refractivity contribution is 6.30. The molecule has 120 valence electrons. The Morgan fingerprint density at radius 3 is 1.96 bits per heavy atom. The number of carbonyl (C=O) groups is 1. The van der Waals surface area contributed by atoms with E-state index in [4.69, 9.17) is 16.3 Å². The van der Waals surface area contributed by atoms with Crippen molar-refractivity contribution < 1.29 is 13.9 Å². The van der Waals surface area contributed by atoms with Crippen LogP contribution in [0.3, 0.4) is 0 Å². The molecule has 0 aliphatic heterocycles. The quantitative estimate of drug-likeness (QED) is 0.678. The molecule has 3 nitrogen and oxygen atoms in total. The number of hydrogen-bond donors (Lipinski definition) is 1. The van der Waals surface area contributed by atoms with Crippen LogP contribution in [0.1, 0.15) is 10.4 Å². The van der Waals surface area contributed by atoms with E-state index in [9.17, 15) is 9.18 Å². The fourth-order valence-electron chi connectivity index (χ4n) is 2.05. The summed E-state index contributed by atoms with van der Waals surface area (Å²) >= 11 is 5.83. The van der Waals surface area contributed by atoms with E-state index in [1.165, 1.54) is 24.3 Å². The van der Waals surface area contributed by atoms with Crippen LogP contribution in [0.2, 0.25) is 5.02 Å². The lowest BCUT2D eigenvalue weighted by Gasteiger charge is -2.08. The number of nitrogens with one attached hydrogen (secondary N) is 1. The molecule has 0 fully saturated rings. The highest BCUT2D eigenvalue weighted by atomic mass is 35.5. The molecule has 0 unspecified atom stereocenters. The Morgan fingerprint density at radius 1 is 0.833 bits per heavy atom. The monoisotopic (exact) mass is 341 g/mol. The van der Waals surface area contributed by atoms with Gasteiger partial charge in [-0.1, -0.05) is 11.6 Å². The van der Waals surface area contributed by atoms with Gasteiger partial charge < -0.3 is 10.1 Å². The molecule has 1 amide bonds. The Balaban J connectivity index is 1.64. The lowest BCUT2D eigenvalue weighted by atomic mass is 10.2. The fraction of sp³-hybridized carbons (Fsp3) is 0. The van der Waals surface area contributed by atoms with Gasteiger partial charge in [-0.25, -0.2) is 4.39 Å². The van der Waals surface area contributed by atoms with Crippen LogP contribution in [0.5, 0.6) is 11.5 Å². The van der Waals surface area contributed by atoms with Gasteiger partial charge in [-0.3, -0.25) is 4.79 Å². The molecule has 5 heteroatoms. The molecule has 0 aliphatic carbocycles. The maximum Gasteiger partial charge on any atom is 0.255 e. The van der Waals surface area contributed by atoms with Gasteiger partial charge in [0.15, 0.2) is 0 Å². The molecule has 3 aromatic carbocycles. The predicted molar refractivity (Wildman–Crippen MR) is 92.3 cm³/mol. The van der Waals surface area contributed by atoms with E-state index in [0.29, 0.717) is 27.8 Å². The summed E-state index contributed by atoms with van der Waals surface area (Å²) in [5.74, 6) is 0.622. The van der Waals surface area contributed by atoms with Gasteiger partial charge in [-0.2, -0.15) is 0 Å². The first kappa shape index (κ1) is 16.0. The molecular formula is C19H13ClFNO2. The fourth-order valence-corrected chi connectivity index (χ4v) is 2.18. The van der Waals surface area contributed by atoms with Crippen LogP contribution in [0, 0.1) is 5.82 Å². The Morgan fingerprint density at radius 2 is 1.38 bits per heavy atom. The van der Waals surface area contributed by atoms with E-state index in [0.717, 1.165) is 0 Å². The van der Waals surface area contributed by atoms with Crippen LogP contribution < -0.4 is 10.1 Å². The molecule has 3 rings (SSSR count). The molecule has 0 saturated heterocycles. The van der Waals surface area contributed by atoms with Crippen LogP contribution in [0.25, 0.3) is 0 Å². The first-order valence-corrected chi connectivity index (χ1v) is 7.58. The third-order valence-corrected chi connectivity index (χ3v) is 3.52. The molecule has 0 spiro atoms. The van der Waals surface area contributed by atoms with Crippen LogP contribution in [-0.2, 0) is 0 Å². The highest BCUT2D eigenvalue weighted by Crippen LogP contribution is 2.24. The molecule has 0 atom stereocenters. The van der Waals surface area contributed by atoms with Gasteiger partial charge in [0.25, 0.3) is 5.91 Å². The summed E-state index contributed by atoms with van der Waals surface area (Å²) in [6.07, 6.45) is 0. The molecule has 24 heavy (non-hydrogen) atoms. The zero-order valence-electron chi connectivity index (χ0n) is 12.5. The van der Waals surface area contributed by atoms with Gasteiger partial charge in [0.05, 0.1) is 0 Å². The van der Waals surface area contributed by atoms with E-state index in [2.05, 4.69) is 5.32 Å². The second kappa shape index (κ2) is 7.15. The zero-order chi connectivity index (χ0) is 16.9. The average Bonchev–Trinajstić information content (AvgIpc) is 2.59. The molecule has 0 saturated carbocycles. The third-order valence-electron chi connectivity index (χ3n) is 3.27. The van der Waals surface area contributed by atoms with Crippen LogP contribution in [0.4, 0.5) is 10.1 Å². The maximum absolute atomic E-state index is 12.9. The second-order valence-corrected chi connectivity index (χ2v) is 5.48. The van der Waals surface area contributed by atoms with Crippen LogP contribution in [-0.4, -0.2) is 5.91 Å². The Kier molecular flexibility index (Phi) is 4.77. The standard InChI is InChI=1S/C19H13ClFNO2/c20-14-3-9-17(10-4-14)24-18-11-7-16(8-12-18)22-19(23)13-1-5-15(21)6-2-13/h1-12H,(H,22,23). The molecule has 0 aliphatic rings. The molecular weight excluding hydrogens is 329 g/mol. The van der Waals surface area contributed by atoms with E-state index in [1.807, 2.05) is 0 Å². The Bertz CT molecular complexity index is 831. The van der Waals surface area contributed by atoms with Crippen molar-refractivity contribution in [3.63, 3.8) is 0 Å². The van der Waals surface area contributed by atoms with Crippen molar-refractivity contribution >= 4 is 23.2 Å². The first-order valence-electron chi connectivity index (χ1n) is 7.20. The van der Waals surface area contributed by atoms with Crippen molar-refractivity contribution in [1.29, 1.82) is 0 Å². The van der Waals surface area contributed by atoms with Crippen LogP contribution in [0.15, 0.2) is 72.8 Å². The Labute approximate surface area is 143 Å². The number of benzene rings is 3. The summed E-state index contributed by atoms with van der Waals surface area (Å²) in [6.45, 7) is 0. The summed E-state index contributed by atoms with van der Waals surface area (Å²) in [5.41, 5.74) is 1.01. The van der Waals surface area contributed by atoms with E-state index in [1.54, 1.807) is 48.5 Å². The van der Waals surface area contributed by atoms with Gasteiger partial charge in [0.1, 0.15) is 17.3 Å². The van der Waals surface area contributed by atoms with Gasteiger partial charge in [0, 0.05) is 16.3 Å². The maximum atomic E-state index is 12.9.